The fraction of sp³-hybridized carbons (Fsp3) is 0.381. The molecule has 2 aromatic rings. The van der Waals surface area contributed by atoms with Crippen molar-refractivity contribution in [2.24, 2.45) is 0 Å². The molecule has 0 bridgehead atoms. The molecule has 1 heterocycles. The molecule has 0 aliphatic carbocycles. The molecule has 1 atom stereocenters. The summed E-state index contributed by atoms with van der Waals surface area (Å²) in [7, 11) is -3.78. The van der Waals surface area contributed by atoms with Crippen molar-refractivity contribution in [3.63, 3.8) is 0 Å². The van der Waals surface area contributed by atoms with E-state index in [-0.39, 0.29) is 10.8 Å². The number of carbonyl (C=O) groups excluding carboxylic acids is 1. The number of benzene rings is 2. The number of aryl methyl sites for hydroxylation is 3. The average Bonchev–Trinajstić information content (AvgIpc) is 2.65. The van der Waals surface area contributed by atoms with Gasteiger partial charge in [0.1, 0.15) is 6.04 Å². The maximum atomic E-state index is 13.1. The van der Waals surface area contributed by atoms with Crippen LogP contribution in [0.2, 0.25) is 5.02 Å². The van der Waals surface area contributed by atoms with Crippen LogP contribution in [-0.2, 0) is 14.8 Å². The summed E-state index contributed by atoms with van der Waals surface area (Å²) in [5.74, 6) is -0.285. The summed E-state index contributed by atoms with van der Waals surface area (Å²) < 4.78 is 27.6. The van der Waals surface area contributed by atoms with Crippen LogP contribution in [0.1, 0.15) is 36.0 Å². The van der Waals surface area contributed by atoms with Crippen molar-refractivity contribution in [2.75, 3.05) is 11.9 Å². The number of hydrogen-bond donors (Lipinski definition) is 1. The van der Waals surface area contributed by atoms with Crippen LogP contribution in [0.15, 0.2) is 41.3 Å². The quantitative estimate of drug-likeness (QED) is 0.794. The lowest BCUT2D eigenvalue weighted by Crippen LogP contribution is -2.49. The molecule has 0 aromatic heterocycles. The van der Waals surface area contributed by atoms with Crippen LogP contribution in [0.4, 0.5) is 5.69 Å². The third kappa shape index (κ3) is 4.24. The van der Waals surface area contributed by atoms with E-state index in [9.17, 15) is 13.2 Å². The first-order chi connectivity index (χ1) is 13.2. The van der Waals surface area contributed by atoms with Gasteiger partial charge in [-0.2, -0.15) is 4.31 Å². The van der Waals surface area contributed by atoms with Gasteiger partial charge in [0.15, 0.2) is 0 Å². The fourth-order valence-corrected chi connectivity index (χ4v) is 5.56. The van der Waals surface area contributed by atoms with Crippen LogP contribution in [0.3, 0.4) is 0 Å². The van der Waals surface area contributed by atoms with Gasteiger partial charge in [-0.1, -0.05) is 35.7 Å². The number of rotatable bonds is 4. The Bertz CT molecular complexity index is 964. The number of amides is 1. The molecule has 1 aliphatic heterocycles. The average molecular weight is 421 g/mol. The second-order valence-corrected chi connectivity index (χ2v) is 9.67. The van der Waals surface area contributed by atoms with E-state index in [2.05, 4.69) is 5.32 Å². The van der Waals surface area contributed by atoms with Gasteiger partial charge in [0.05, 0.1) is 4.90 Å². The van der Waals surface area contributed by atoms with Gasteiger partial charge in [0.2, 0.25) is 15.9 Å². The summed E-state index contributed by atoms with van der Waals surface area (Å²) >= 11 is 5.89. The number of hydrogen-bond acceptors (Lipinski definition) is 3. The van der Waals surface area contributed by atoms with E-state index >= 15 is 0 Å². The summed E-state index contributed by atoms with van der Waals surface area (Å²) in [5, 5.41) is 3.44. The van der Waals surface area contributed by atoms with Gasteiger partial charge in [0, 0.05) is 17.3 Å². The summed E-state index contributed by atoms with van der Waals surface area (Å²) in [5.41, 5.74) is 3.81. The normalized spacial score (nSPS) is 18.1. The molecule has 150 valence electrons. The maximum absolute atomic E-state index is 13.1. The predicted octanol–water partition coefficient (Wildman–Crippen LogP) is 4.45. The van der Waals surface area contributed by atoms with E-state index < -0.39 is 16.1 Å². The Morgan fingerprint density at radius 2 is 1.68 bits per heavy atom. The topological polar surface area (TPSA) is 66.5 Å². The Kier molecular flexibility index (Phi) is 6.12. The van der Waals surface area contributed by atoms with Crippen molar-refractivity contribution in [3.05, 3.63) is 58.1 Å². The second kappa shape index (κ2) is 8.23. The molecule has 1 aliphatic rings. The largest absolute Gasteiger partial charge is 0.324 e. The van der Waals surface area contributed by atoms with Gasteiger partial charge < -0.3 is 5.32 Å². The van der Waals surface area contributed by atoms with E-state index in [1.165, 1.54) is 16.4 Å². The zero-order valence-corrected chi connectivity index (χ0v) is 17.9. The van der Waals surface area contributed by atoms with Crippen LogP contribution >= 0.6 is 11.6 Å². The zero-order chi connectivity index (χ0) is 20.5. The summed E-state index contributed by atoms with van der Waals surface area (Å²) in [6.07, 6.45) is 2.05. The van der Waals surface area contributed by atoms with Crippen molar-refractivity contribution >= 4 is 33.2 Å². The molecule has 0 radical (unpaired) electrons. The Balaban J connectivity index is 1.89. The van der Waals surface area contributed by atoms with Crippen LogP contribution < -0.4 is 5.32 Å². The molecule has 3 rings (SSSR count). The van der Waals surface area contributed by atoms with Crippen molar-refractivity contribution in [2.45, 2.75) is 51.0 Å². The number of anilines is 1. The summed E-state index contributed by atoms with van der Waals surface area (Å²) in [6.45, 7) is 6.22. The minimum atomic E-state index is -3.78. The number of sulfonamides is 1. The molecule has 1 saturated heterocycles. The lowest BCUT2D eigenvalue weighted by Gasteiger charge is -2.34. The minimum Gasteiger partial charge on any atom is -0.324 e. The molecule has 1 amide bonds. The predicted molar refractivity (Wildman–Crippen MR) is 112 cm³/mol. The molecule has 28 heavy (non-hydrogen) atoms. The van der Waals surface area contributed by atoms with Gasteiger partial charge in [-0.15, -0.1) is 0 Å². The standard InChI is InChI=1S/C21H25ClN2O3S/c1-14-12-15(2)20(16(3)13-14)23-21(25)19-6-4-5-11-24(19)28(26,27)18-9-7-17(22)8-10-18/h7-10,12-13,19H,4-6,11H2,1-3H3,(H,23,25)/t19-/m1/s1. The van der Waals surface area contributed by atoms with Gasteiger partial charge in [-0.25, -0.2) is 8.42 Å². The van der Waals surface area contributed by atoms with Crippen LogP contribution in [0, 0.1) is 20.8 Å². The molecule has 1 fully saturated rings. The van der Waals surface area contributed by atoms with Gasteiger partial charge in [-0.3, -0.25) is 4.79 Å². The highest BCUT2D eigenvalue weighted by Crippen LogP contribution is 2.28. The van der Waals surface area contributed by atoms with Crippen molar-refractivity contribution in [1.29, 1.82) is 0 Å². The SMILES string of the molecule is Cc1cc(C)c(NC(=O)[C@H]2CCCCN2S(=O)(=O)c2ccc(Cl)cc2)c(C)c1. The molecule has 0 spiro atoms. The maximum Gasteiger partial charge on any atom is 0.243 e. The van der Waals surface area contributed by atoms with Gasteiger partial charge in [0.25, 0.3) is 0 Å². The van der Waals surface area contributed by atoms with E-state index in [0.29, 0.717) is 18.0 Å². The molecule has 5 nitrogen and oxygen atoms in total. The highest BCUT2D eigenvalue weighted by atomic mass is 35.5. The van der Waals surface area contributed by atoms with E-state index in [1.54, 1.807) is 12.1 Å². The van der Waals surface area contributed by atoms with E-state index in [1.807, 2.05) is 32.9 Å². The van der Waals surface area contributed by atoms with Crippen molar-refractivity contribution in [1.82, 2.24) is 4.31 Å². The number of nitrogens with one attached hydrogen (secondary N) is 1. The van der Waals surface area contributed by atoms with Gasteiger partial charge in [-0.05, 0) is 69.0 Å². The lowest BCUT2D eigenvalue weighted by atomic mass is 10.0. The fourth-order valence-electron chi connectivity index (χ4n) is 3.78. The second-order valence-electron chi connectivity index (χ2n) is 7.34. The first-order valence-corrected chi connectivity index (χ1v) is 11.2. The molecule has 0 saturated carbocycles. The number of halogens is 1. The molecule has 7 heteroatoms. The third-order valence-corrected chi connectivity index (χ3v) is 7.28. The monoisotopic (exact) mass is 420 g/mol. The van der Waals surface area contributed by atoms with Crippen LogP contribution in [-0.4, -0.2) is 31.2 Å². The lowest BCUT2D eigenvalue weighted by molar-refractivity contribution is -0.120. The number of carbonyl (C=O) groups is 1. The van der Waals surface area contributed by atoms with Gasteiger partial charge >= 0.3 is 0 Å². The van der Waals surface area contributed by atoms with Crippen LogP contribution in [0.5, 0.6) is 0 Å². The minimum absolute atomic E-state index is 0.152. The highest BCUT2D eigenvalue weighted by Gasteiger charge is 2.37. The Morgan fingerprint density at radius 1 is 1.07 bits per heavy atom. The number of piperidine rings is 1. The molecule has 1 N–H and O–H groups in total. The Hall–Kier alpha value is -1.89. The van der Waals surface area contributed by atoms with E-state index in [0.717, 1.165) is 35.2 Å². The van der Waals surface area contributed by atoms with Crippen LogP contribution in [0.25, 0.3) is 0 Å². The Labute approximate surface area is 171 Å². The third-order valence-electron chi connectivity index (χ3n) is 5.10. The molecule has 0 unspecified atom stereocenters. The van der Waals surface area contributed by atoms with Crippen molar-refractivity contribution in [3.8, 4) is 0 Å². The Morgan fingerprint density at radius 3 is 2.29 bits per heavy atom. The van der Waals surface area contributed by atoms with E-state index in [4.69, 9.17) is 11.6 Å². The first kappa shape index (κ1) is 20.8. The smallest absolute Gasteiger partial charge is 0.243 e. The molecule has 2 aromatic carbocycles. The first-order valence-electron chi connectivity index (χ1n) is 9.36. The van der Waals surface area contributed by atoms with Crippen molar-refractivity contribution < 1.29 is 13.2 Å². The summed E-state index contributed by atoms with van der Waals surface area (Å²) in [4.78, 5) is 13.2. The molecular weight excluding hydrogens is 396 g/mol. The highest BCUT2D eigenvalue weighted by molar-refractivity contribution is 7.89. The molecular formula is C21H25ClN2O3S. The summed E-state index contributed by atoms with van der Waals surface area (Å²) in [6, 6.07) is 9.34. The number of nitrogens with zero attached hydrogens (tertiary/aromatic N) is 1. The zero-order valence-electron chi connectivity index (χ0n) is 16.3.